The molecule has 0 aromatic heterocycles. The third-order valence-electron chi connectivity index (χ3n) is 3.44. The lowest BCUT2D eigenvalue weighted by molar-refractivity contribution is 0.487. The quantitative estimate of drug-likeness (QED) is 0.495. The van der Waals surface area contributed by atoms with Gasteiger partial charge in [-0.15, -0.1) is 17.0 Å². The largest absolute Gasteiger partial charge is 1.41 e. The second-order valence-electron chi connectivity index (χ2n) is 6.43. The Balaban J connectivity index is -0.000000238. The topological polar surface area (TPSA) is 20.2 Å². The first kappa shape index (κ1) is 24.4. The number of hydrogen-bond donors (Lipinski definition) is 1. The Hall–Kier alpha value is 1.42. The predicted octanol–water partition coefficient (Wildman–Crippen LogP) is 5.50. The van der Waals surface area contributed by atoms with Crippen molar-refractivity contribution in [3.63, 3.8) is 0 Å². The highest BCUT2D eigenvalue weighted by Crippen LogP contribution is 2.33. The molecule has 1 N–H and O–H groups in total. The summed E-state index contributed by atoms with van der Waals surface area (Å²) in [6, 6.07) is 0. The van der Waals surface area contributed by atoms with E-state index in [1.54, 1.807) is 0 Å². The Morgan fingerprint density at radius 3 is 1.56 bits per heavy atom. The van der Waals surface area contributed by atoms with Crippen molar-refractivity contribution in [3.05, 3.63) is 0 Å². The van der Waals surface area contributed by atoms with E-state index in [0.29, 0.717) is 0 Å². The smallest absolute Gasteiger partial charge is 0.432 e. The second kappa shape index (κ2) is 13.4. The number of halogens is 1. The van der Waals surface area contributed by atoms with Crippen LogP contribution in [0.15, 0.2) is 0 Å². The summed E-state index contributed by atoms with van der Waals surface area (Å²) in [6.07, 6.45) is 8.64. The van der Waals surface area contributed by atoms with Gasteiger partial charge < -0.3 is 4.80 Å². The van der Waals surface area contributed by atoms with Gasteiger partial charge in [-0.05, 0) is 24.6 Å². The molecule has 1 nitrogen and oxygen atoms in total. The van der Waals surface area contributed by atoms with Gasteiger partial charge in [0.1, 0.15) is 0 Å². The van der Waals surface area contributed by atoms with E-state index in [1.807, 2.05) is 13.1 Å². The minimum absolute atomic E-state index is 0. The fourth-order valence-corrected chi connectivity index (χ4v) is 1.31. The molecule has 0 heterocycles. The summed E-state index contributed by atoms with van der Waals surface area (Å²) >= 11 is 2.09. The lowest BCUT2D eigenvalue weighted by atomic mass is 10.1. The fourth-order valence-electron chi connectivity index (χ4n) is 0.957. The van der Waals surface area contributed by atoms with Crippen LogP contribution in [-0.2, 0) is 0 Å². The first-order chi connectivity index (χ1) is 7.66. The van der Waals surface area contributed by atoms with Crippen LogP contribution in [0, 0.1) is 0 Å². The summed E-state index contributed by atoms with van der Waals surface area (Å²) in [4.78, 5) is 9.49. The van der Waals surface area contributed by atoms with Crippen LogP contribution in [0.1, 0.15) is 66.2 Å². The van der Waals surface area contributed by atoms with Crippen molar-refractivity contribution in [2.75, 3.05) is 0 Å². The zero-order valence-corrected chi connectivity index (χ0v) is 17.6. The number of hydrogen-bond acceptors (Lipinski definition) is 1. The standard InChI is InChI=1S/C8H17.C6H16OSi.BrH.Mg/c1-3-5-7-8-6-4-2;1-6(2,3)8(4,5)7;;/h1,3-8H2,2H3;7H,1-5H3;1H;/q;;;+2. The van der Waals surface area contributed by atoms with Crippen LogP contribution in [0.5, 0.6) is 0 Å². The van der Waals surface area contributed by atoms with E-state index in [9.17, 15) is 4.80 Å². The van der Waals surface area contributed by atoms with E-state index in [1.165, 1.54) is 43.1 Å². The maximum atomic E-state index is 9.49. The van der Waals surface area contributed by atoms with Gasteiger partial charge >= 0.3 is 21.7 Å². The molecular formula is C14H34BrMgOSi+2. The molecule has 0 saturated heterocycles. The van der Waals surface area contributed by atoms with Crippen molar-refractivity contribution >= 4 is 47.0 Å². The average Bonchev–Trinajstić information content (AvgIpc) is 2.15. The molecule has 0 aliphatic rings. The Morgan fingerprint density at radius 1 is 0.944 bits per heavy atom. The lowest BCUT2D eigenvalue weighted by Crippen LogP contribution is -2.36. The molecule has 0 rings (SSSR count). The molecule has 0 unspecified atom stereocenters. The van der Waals surface area contributed by atoms with Crippen molar-refractivity contribution in [1.29, 1.82) is 0 Å². The van der Waals surface area contributed by atoms with Crippen molar-refractivity contribution < 1.29 is 4.80 Å². The molecule has 0 aromatic rings. The molecular weight excluding hydrogens is 316 g/mol. The third kappa shape index (κ3) is 17.4. The maximum absolute atomic E-state index is 9.49. The zero-order valence-electron chi connectivity index (χ0n) is 13.5. The van der Waals surface area contributed by atoms with Gasteiger partial charge in [-0.2, -0.15) is 0 Å². The summed E-state index contributed by atoms with van der Waals surface area (Å²) in [5.74, 6) is 0. The van der Waals surface area contributed by atoms with Crippen LogP contribution in [0.3, 0.4) is 0 Å². The van der Waals surface area contributed by atoms with Gasteiger partial charge in [-0.3, -0.25) is 0 Å². The first-order valence-electron chi connectivity index (χ1n) is 7.18. The molecule has 0 bridgehead atoms. The number of unbranched alkanes of at least 4 members (excludes halogenated alkanes) is 5. The summed E-state index contributed by atoms with van der Waals surface area (Å²) in [5, 5.41) is 0.132. The Labute approximate surface area is 140 Å². The van der Waals surface area contributed by atoms with E-state index in [-0.39, 0.29) is 22.0 Å². The van der Waals surface area contributed by atoms with Gasteiger partial charge in [0.15, 0.2) is 8.32 Å². The highest BCUT2D eigenvalue weighted by atomic mass is 79.9. The third-order valence-corrected chi connectivity index (χ3v) is 7.61. The van der Waals surface area contributed by atoms with E-state index in [2.05, 4.69) is 49.4 Å². The van der Waals surface area contributed by atoms with Gasteiger partial charge in [0, 0.05) is 6.42 Å². The van der Waals surface area contributed by atoms with E-state index in [0.717, 1.165) is 0 Å². The maximum Gasteiger partial charge on any atom is 1.41 e. The Bertz CT molecular complexity index is 146. The molecule has 0 fully saturated rings. The molecule has 4 heteroatoms. The van der Waals surface area contributed by atoms with Crippen molar-refractivity contribution in [2.45, 2.75) is 88.9 Å². The van der Waals surface area contributed by atoms with Gasteiger partial charge in [0.25, 0.3) is 4.55 Å². The van der Waals surface area contributed by atoms with Gasteiger partial charge in [-0.25, -0.2) is 0 Å². The summed E-state index contributed by atoms with van der Waals surface area (Å²) in [7, 11) is -1.86. The molecule has 0 spiro atoms. The predicted molar refractivity (Wildman–Crippen MR) is 93.7 cm³/mol. The van der Waals surface area contributed by atoms with E-state index in [4.69, 9.17) is 0 Å². The van der Waals surface area contributed by atoms with Crippen LogP contribution < -0.4 is 0 Å². The first-order valence-corrected chi connectivity index (χ1v) is 11.1. The molecule has 0 amide bonds. The van der Waals surface area contributed by atoms with E-state index >= 15 is 0 Å². The van der Waals surface area contributed by atoms with Gasteiger partial charge in [0.2, 0.25) is 0 Å². The minimum Gasteiger partial charge on any atom is -0.432 e. The average molecular weight is 351 g/mol. The van der Waals surface area contributed by atoms with Crippen LogP contribution >= 0.6 is 17.0 Å². The number of rotatable bonds is 6. The molecule has 0 aliphatic heterocycles. The Morgan fingerprint density at radius 2 is 1.28 bits per heavy atom. The Kier molecular flexibility index (Phi) is 18.2. The lowest BCUT2D eigenvalue weighted by Gasteiger charge is -2.30. The highest BCUT2D eigenvalue weighted by Gasteiger charge is 2.32. The van der Waals surface area contributed by atoms with E-state index < -0.39 is 8.32 Å². The molecule has 0 aromatic carbocycles. The van der Waals surface area contributed by atoms with Crippen LogP contribution in [0.4, 0.5) is 0 Å². The normalized spacial score (nSPS) is 11.3. The highest BCUT2D eigenvalue weighted by molar-refractivity contribution is 8.93. The molecule has 18 heavy (non-hydrogen) atoms. The summed E-state index contributed by atoms with van der Waals surface area (Å²) < 4.78 is 1.39. The minimum atomic E-state index is -1.86. The fraction of sp³-hybridized carbons (Fsp3) is 1.00. The van der Waals surface area contributed by atoms with Crippen LogP contribution in [-0.4, -0.2) is 34.8 Å². The summed E-state index contributed by atoms with van der Waals surface area (Å²) in [5.41, 5.74) is 0. The molecule has 7 radical (unpaired) electrons. The van der Waals surface area contributed by atoms with Crippen molar-refractivity contribution in [3.8, 4) is 0 Å². The van der Waals surface area contributed by atoms with Crippen molar-refractivity contribution in [1.82, 2.24) is 0 Å². The van der Waals surface area contributed by atoms with Crippen molar-refractivity contribution in [2.24, 2.45) is 0 Å². The second-order valence-corrected chi connectivity index (χ2v) is 11.8. The monoisotopic (exact) mass is 349 g/mol. The van der Waals surface area contributed by atoms with Crippen LogP contribution in [0.2, 0.25) is 22.7 Å². The molecule has 0 saturated carbocycles. The molecule has 107 valence electrons. The summed E-state index contributed by atoms with van der Waals surface area (Å²) in [6.45, 7) is 12.4. The molecule has 0 aliphatic carbocycles. The SMILES string of the molecule is Br.CC(C)(C)[Si](C)(C)O.CCCCCCC[CH2][Mg+2]. The van der Waals surface area contributed by atoms with Gasteiger partial charge in [-0.1, -0.05) is 53.4 Å². The molecule has 0 atom stereocenters. The zero-order chi connectivity index (χ0) is 13.9. The van der Waals surface area contributed by atoms with Crippen LogP contribution in [0.25, 0.3) is 0 Å². The van der Waals surface area contributed by atoms with Gasteiger partial charge in [0.05, 0.1) is 0 Å².